The Kier molecular flexibility index (Phi) is 10.1. The fraction of sp³-hybridized carbons (Fsp3) is 0.737. The third-order valence-electron chi connectivity index (χ3n) is 14.0. The number of aliphatic hydroxyl groups excluding tert-OH is 1. The summed E-state index contributed by atoms with van der Waals surface area (Å²) in [4.78, 5) is 58.3. The van der Waals surface area contributed by atoms with E-state index in [1.54, 1.807) is 6.33 Å². The molecule has 13 nitrogen and oxygen atoms in total. The van der Waals surface area contributed by atoms with Gasteiger partial charge < -0.3 is 35.3 Å². The number of fused-ring (bicyclic) bond motifs is 1. The van der Waals surface area contributed by atoms with Crippen LogP contribution in [0.4, 0.5) is 11.8 Å². The predicted molar refractivity (Wildman–Crippen MR) is 202 cm³/mol. The zero-order valence-electron chi connectivity index (χ0n) is 31.2. The van der Waals surface area contributed by atoms with E-state index in [-0.39, 0.29) is 57.8 Å². The minimum Gasteiger partial charge on any atom is -0.461 e. The van der Waals surface area contributed by atoms with E-state index in [1.807, 2.05) is 22.5 Å². The average Bonchev–Trinajstić information content (AvgIpc) is 3.88. The van der Waals surface area contributed by atoms with Crippen molar-refractivity contribution in [2.75, 3.05) is 55.7 Å². The van der Waals surface area contributed by atoms with Gasteiger partial charge in [0.2, 0.25) is 11.9 Å². The van der Waals surface area contributed by atoms with Crippen molar-refractivity contribution >= 4 is 52.4 Å². The van der Waals surface area contributed by atoms with Crippen LogP contribution in [0, 0.1) is 34.0 Å². The number of nitrogens with two attached hydrogens (primary N) is 1. The van der Waals surface area contributed by atoms with E-state index in [4.69, 9.17) is 10.5 Å². The van der Waals surface area contributed by atoms with Gasteiger partial charge in [-0.15, -0.1) is 18.3 Å². The predicted octanol–water partition coefficient (Wildman–Crippen LogP) is 3.45. The molecule has 2 bridgehead atoms. The molecule has 284 valence electrons. The second-order valence-corrected chi connectivity index (χ2v) is 17.9. The maximum atomic E-state index is 13.7. The standard InChI is InChI=1S/C38H56N8O5S/c1-6-36(4)19-27(37(5)23(2)7-11-38(24(3)32(36)50)12-8-26(47)31(37)38)51-29(49)21-52-25-9-15-45(20-25)28(48)10-16-46-22-41-30-33(42-35(39)43-34(30)46)44-17-13-40-14-18-44/h6,22-25,27,31-32,40,50H,1,7-21H2,2-5H3,(H2,39,42,43)/t23-,24+,25-,27-,31-,32+,36-,37+,38+/m1/s1. The van der Waals surface area contributed by atoms with Gasteiger partial charge in [0.1, 0.15) is 11.9 Å². The molecule has 0 radical (unpaired) electrons. The van der Waals surface area contributed by atoms with Gasteiger partial charge in [-0.3, -0.25) is 14.4 Å². The number of carbonyl (C=O) groups excluding carboxylic acids is 3. The lowest BCUT2D eigenvalue weighted by Crippen LogP contribution is -2.63. The highest BCUT2D eigenvalue weighted by Crippen LogP contribution is 2.68. The number of likely N-dealkylation sites (tertiary alicyclic amines) is 1. The summed E-state index contributed by atoms with van der Waals surface area (Å²) in [6.07, 6.45) is 6.96. The van der Waals surface area contributed by atoms with Gasteiger partial charge >= 0.3 is 5.97 Å². The Bertz CT molecular complexity index is 1720. The molecule has 3 saturated carbocycles. The summed E-state index contributed by atoms with van der Waals surface area (Å²) in [7, 11) is 0. The monoisotopic (exact) mass is 736 g/mol. The Balaban J connectivity index is 0.969. The van der Waals surface area contributed by atoms with Crippen molar-refractivity contribution in [3.8, 4) is 0 Å². The number of aromatic nitrogens is 4. The molecule has 4 heterocycles. The molecule has 5 fully saturated rings. The molecule has 1 amide bonds. The van der Waals surface area contributed by atoms with Gasteiger partial charge in [0.05, 0.1) is 18.2 Å². The van der Waals surface area contributed by atoms with E-state index in [1.165, 1.54) is 11.8 Å². The maximum Gasteiger partial charge on any atom is 0.316 e. The molecule has 7 rings (SSSR count). The number of esters is 1. The third kappa shape index (κ3) is 6.29. The zero-order chi connectivity index (χ0) is 37.0. The summed E-state index contributed by atoms with van der Waals surface area (Å²) in [5, 5.41) is 15.3. The van der Waals surface area contributed by atoms with E-state index >= 15 is 0 Å². The lowest BCUT2D eigenvalue weighted by molar-refractivity contribution is -0.205. The van der Waals surface area contributed by atoms with Crippen molar-refractivity contribution in [1.29, 1.82) is 0 Å². The molecule has 9 atom stereocenters. The van der Waals surface area contributed by atoms with Crippen LogP contribution in [0.15, 0.2) is 19.0 Å². The topological polar surface area (TPSA) is 169 Å². The number of Topliss-reactive ketones (excluding diaryl/α,β-unsaturated/α-hetero) is 1. The summed E-state index contributed by atoms with van der Waals surface area (Å²) < 4.78 is 8.31. The number of nitrogen functional groups attached to an aromatic ring is 1. The number of aliphatic hydroxyl groups is 1. The summed E-state index contributed by atoms with van der Waals surface area (Å²) in [6.45, 7) is 17.6. The number of nitrogens with zero attached hydrogens (tertiary/aromatic N) is 6. The number of hydrogen-bond donors (Lipinski definition) is 3. The number of nitrogens with one attached hydrogen (secondary N) is 1. The largest absolute Gasteiger partial charge is 0.461 e. The normalized spacial score (nSPS) is 36.4. The second-order valence-electron chi connectivity index (χ2n) is 16.6. The van der Waals surface area contributed by atoms with Gasteiger partial charge in [-0.1, -0.05) is 33.8 Å². The number of imidazole rings is 1. The van der Waals surface area contributed by atoms with Gasteiger partial charge in [-0.25, -0.2) is 4.98 Å². The number of ketones is 1. The first kappa shape index (κ1) is 37.1. The van der Waals surface area contributed by atoms with Crippen LogP contribution in [-0.2, 0) is 25.7 Å². The number of thioether (sulfide) groups is 1. The highest BCUT2D eigenvalue weighted by Gasteiger charge is 2.68. The third-order valence-corrected chi connectivity index (χ3v) is 15.2. The minimum atomic E-state index is -0.692. The number of anilines is 2. The Morgan fingerprint density at radius 3 is 2.69 bits per heavy atom. The van der Waals surface area contributed by atoms with Crippen molar-refractivity contribution < 1.29 is 24.2 Å². The molecule has 0 spiro atoms. The SMILES string of the molecule is C=C[C@]1(C)C[C@@H](OC(=O)CS[C@@H]2CCN(C(=O)CCn3cnc4c(N5CCNCC5)nc(N)nc43)C2)[C@]2(C)[C@H](C)CC[C@]3(CCC(=O)[C@@H]32)[C@@H](C)[C@@H]1O. The van der Waals surface area contributed by atoms with Crippen molar-refractivity contribution in [3.05, 3.63) is 19.0 Å². The number of ether oxygens (including phenoxy) is 1. The Hall–Kier alpha value is -3.23. The number of carbonyl (C=O) groups is 3. The molecular weight excluding hydrogens is 681 g/mol. The van der Waals surface area contributed by atoms with Crippen LogP contribution in [-0.4, -0.2) is 110 Å². The molecule has 0 aromatic carbocycles. The number of aryl methyl sites for hydroxylation is 1. The summed E-state index contributed by atoms with van der Waals surface area (Å²) in [5.41, 5.74) is 5.90. The maximum absolute atomic E-state index is 13.7. The van der Waals surface area contributed by atoms with Gasteiger partial charge in [0.15, 0.2) is 17.0 Å². The van der Waals surface area contributed by atoms with E-state index in [2.05, 4.69) is 52.5 Å². The molecule has 4 N–H and O–H groups in total. The molecule has 52 heavy (non-hydrogen) atoms. The molecule has 2 aromatic rings. The minimum absolute atomic E-state index is 0.0480. The zero-order valence-corrected chi connectivity index (χ0v) is 32.0. The smallest absolute Gasteiger partial charge is 0.316 e. The van der Waals surface area contributed by atoms with Crippen molar-refractivity contribution in [2.45, 2.75) is 96.6 Å². The van der Waals surface area contributed by atoms with E-state index in [0.29, 0.717) is 50.1 Å². The summed E-state index contributed by atoms with van der Waals surface area (Å²) in [5.74, 6) is 0.937. The Morgan fingerprint density at radius 2 is 1.94 bits per heavy atom. The first-order chi connectivity index (χ1) is 24.8. The van der Waals surface area contributed by atoms with Crippen molar-refractivity contribution in [2.24, 2.45) is 34.0 Å². The molecule has 5 aliphatic rings. The highest BCUT2D eigenvalue weighted by molar-refractivity contribution is 8.00. The van der Waals surface area contributed by atoms with Gasteiger partial charge in [0.25, 0.3) is 0 Å². The highest BCUT2D eigenvalue weighted by atomic mass is 32.2. The van der Waals surface area contributed by atoms with Crippen LogP contribution in [0.25, 0.3) is 11.2 Å². The molecule has 3 aliphatic carbocycles. The van der Waals surface area contributed by atoms with Crippen LogP contribution < -0.4 is 16.0 Å². The average molecular weight is 737 g/mol. The van der Waals surface area contributed by atoms with Crippen LogP contribution >= 0.6 is 11.8 Å². The second kappa shape index (κ2) is 14.2. The lowest BCUT2D eigenvalue weighted by atomic mass is 9.44. The van der Waals surface area contributed by atoms with Crippen molar-refractivity contribution in [1.82, 2.24) is 29.7 Å². The van der Waals surface area contributed by atoms with Gasteiger partial charge in [-0.05, 0) is 49.4 Å². The molecule has 2 aliphatic heterocycles. The Labute approximate surface area is 310 Å². The van der Waals surface area contributed by atoms with E-state index in [0.717, 1.165) is 57.7 Å². The van der Waals surface area contributed by atoms with Crippen LogP contribution in [0.2, 0.25) is 0 Å². The van der Waals surface area contributed by atoms with Crippen LogP contribution in [0.1, 0.15) is 72.6 Å². The van der Waals surface area contributed by atoms with Crippen molar-refractivity contribution in [3.63, 3.8) is 0 Å². The summed E-state index contributed by atoms with van der Waals surface area (Å²) >= 11 is 1.53. The quantitative estimate of drug-likeness (QED) is 0.254. The van der Waals surface area contributed by atoms with Gasteiger partial charge in [-0.2, -0.15) is 9.97 Å². The Morgan fingerprint density at radius 1 is 1.17 bits per heavy atom. The molecule has 2 aromatic heterocycles. The van der Waals surface area contributed by atoms with Crippen LogP contribution in [0.3, 0.4) is 0 Å². The fourth-order valence-corrected chi connectivity index (χ4v) is 11.5. The number of rotatable bonds is 9. The number of amides is 1. The lowest BCUT2D eigenvalue weighted by Gasteiger charge is -2.61. The number of piperazine rings is 1. The summed E-state index contributed by atoms with van der Waals surface area (Å²) in [6, 6.07) is 0. The van der Waals surface area contributed by atoms with Gasteiger partial charge in [0, 0.05) is 80.7 Å². The molecular formula is C38H56N8O5S. The molecule has 2 saturated heterocycles. The first-order valence-corrected chi connectivity index (χ1v) is 20.2. The van der Waals surface area contributed by atoms with E-state index in [9.17, 15) is 19.5 Å². The number of hydrogen-bond acceptors (Lipinski definition) is 12. The molecule has 14 heteroatoms. The van der Waals surface area contributed by atoms with E-state index < -0.39 is 23.0 Å². The fourth-order valence-electron chi connectivity index (χ4n) is 10.6. The molecule has 0 unspecified atom stereocenters. The van der Waals surface area contributed by atoms with Crippen LogP contribution in [0.5, 0.6) is 0 Å². The first-order valence-electron chi connectivity index (χ1n) is 19.2.